The van der Waals surface area contributed by atoms with Gasteiger partial charge in [-0.1, -0.05) is 48.1 Å². The highest BCUT2D eigenvalue weighted by Crippen LogP contribution is 2.47. The number of aldehydes is 1. The topological polar surface area (TPSA) is 96.6 Å². The molecule has 2 aromatic carbocycles. The van der Waals surface area contributed by atoms with E-state index >= 15 is 0 Å². The summed E-state index contributed by atoms with van der Waals surface area (Å²) < 4.78 is 0. The van der Waals surface area contributed by atoms with Gasteiger partial charge in [0.25, 0.3) is 5.91 Å². The normalized spacial score (nSPS) is 15.1. The molecule has 2 aromatic rings. The molecule has 0 heterocycles. The van der Waals surface area contributed by atoms with Crippen LogP contribution in [0.2, 0.25) is 5.02 Å². The van der Waals surface area contributed by atoms with Crippen molar-refractivity contribution >= 4 is 52.8 Å². The third-order valence-corrected chi connectivity index (χ3v) is 5.91. The Hall–Kier alpha value is -3.03. The molecule has 0 bridgehead atoms. The molecule has 1 fully saturated rings. The number of nitrogens with one attached hydrogen (secondary N) is 2. The lowest BCUT2D eigenvalue weighted by molar-refractivity contribution is -0.131. The maximum atomic E-state index is 11.3. The molecule has 8 heteroatoms. The molecule has 1 saturated carbocycles. The van der Waals surface area contributed by atoms with Gasteiger partial charge in [0.1, 0.15) is 4.99 Å². The standard InChI is InChI=1S/C24H25ClN4O2S/c1-15(26)21(13-27-2)17-9-18(11-19(25)10-17)24(7-8-24)29-23(32)20-6-4-3-5-16(20)12-28-22(31)14-30/h3-6,9-11,13-14H,7-8,12,26H2,1-2H3,(H,28,31)(H,29,32)/b21-15+,27-13?. The number of nitrogens with two attached hydrogens (primary N) is 1. The van der Waals surface area contributed by atoms with Crippen LogP contribution in [0.15, 0.2) is 53.2 Å². The quantitative estimate of drug-likeness (QED) is 0.238. The highest BCUT2D eigenvalue weighted by atomic mass is 35.5. The van der Waals surface area contributed by atoms with Crippen LogP contribution in [0, 0.1) is 0 Å². The summed E-state index contributed by atoms with van der Waals surface area (Å²) in [6, 6.07) is 13.4. The third kappa shape index (κ3) is 5.41. The van der Waals surface area contributed by atoms with Gasteiger partial charge in [0, 0.05) is 41.7 Å². The average Bonchev–Trinajstić information content (AvgIpc) is 3.55. The fourth-order valence-electron chi connectivity index (χ4n) is 3.57. The van der Waals surface area contributed by atoms with E-state index in [9.17, 15) is 9.59 Å². The van der Waals surface area contributed by atoms with Crippen molar-refractivity contribution in [2.24, 2.45) is 10.7 Å². The van der Waals surface area contributed by atoms with Crippen LogP contribution in [0.1, 0.15) is 42.0 Å². The first-order chi connectivity index (χ1) is 15.3. The second-order valence-corrected chi connectivity index (χ2v) is 8.59. The zero-order chi connectivity index (χ0) is 23.3. The summed E-state index contributed by atoms with van der Waals surface area (Å²) in [6.07, 6.45) is 3.79. The highest BCUT2D eigenvalue weighted by molar-refractivity contribution is 7.80. The van der Waals surface area contributed by atoms with Crippen molar-refractivity contribution in [2.75, 3.05) is 7.05 Å². The van der Waals surface area contributed by atoms with E-state index in [0.29, 0.717) is 15.7 Å². The summed E-state index contributed by atoms with van der Waals surface area (Å²) in [6.45, 7) is 2.04. The number of thiocarbonyl (C=S) groups is 1. The van der Waals surface area contributed by atoms with Gasteiger partial charge in [0.05, 0.1) is 5.54 Å². The van der Waals surface area contributed by atoms with Crippen molar-refractivity contribution in [3.63, 3.8) is 0 Å². The van der Waals surface area contributed by atoms with Gasteiger partial charge in [-0.2, -0.15) is 0 Å². The summed E-state index contributed by atoms with van der Waals surface area (Å²) in [7, 11) is 1.70. The molecule has 0 spiro atoms. The van der Waals surface area contributed by atoms with Gasteiger partial charge in [-0.3, -0.25) is 14.6 Å². The molecule has 1 aliphatic rings. The van der Waals surface area contributed by atoms with Crippen molar-refractivity contribution < 1.29 is 9.59 Å². The molecule has 0 aliphatic heterocycles. The number of carbonyl (C=O) groups excluding carboxylic acids is 2. The number of amides is 1. The van der Waals surface area contributed by atoms with Crippen LogP contribution >= 0.6 is 23.8 Å². The van der Waals surface area contributed by atoms with E-state index in [2.05, 4.69) is 21.7 Å². The minimum atomic E-state index is -0.668. The Balaban J connectivity index is 1.89. The number of halogens is 1. The summed E-state index contributed by atoms with van der Waals surface area (Å²) in [5.41, 5.74) is 10.8. The number of hydrogen-bond donors (Lipinski definition) is 3. The second kappa shape index (κ2) is 10.1. The van der Waals surface area contributed by atoms with Crippen LogP contribution in [0.3, 0.4) is 0 Å². The Bertz CT molecular complexity index is 1120. The molecule has 3 rings (SSSR count). The van der Waals surface area contributed by atoms with Crippen molar-refractivity contribution in [3.05, 3.63) is 75.4 Å². The molecule has 0 saturated heterocycles. The molecule has 1 aliphatic carbocycles. The third-order valence-electron chi connectivity index (χ3n) is 5.37. The smallest absolute Gasteiger partial charge is 0.284 e. The lowest BCUT2D eigenvalue weighted by Crippen LogP contribution is -2.35. The Morgan fingerprint density at radius 1 is 1.28 bits per heavy atom. The van der Waals surface area contributed by atoms with E-state index in [0.717, 1.165) is 40.7 Å². The zero-order valence-electron chi connectivity index (χ0n) is 17.9. The van der Waals surface area contributed by atoms with Crippen LogP contribution in [-0.4, -0.2) is 30.4 Å². The molecule has 6 nitrogen and oxygen atoms in total. The van der Waals surface area contributed by atoms with Crippen molar-refractivity contribution in [3.8, 4) is 0 Å². The van der Waals surface area contributed by atoms with Gasteiger partial charge in [0.15, 0.2) is 0 Å². The van der Waals surface area contributed by atoms with E-state index in [4.69, 9.17) is 29.6 Å². The van der Waals surface area contributed by atoms with Crippen LogP contribution < -0.4 is 16.4 Å². The summed E-state index contributed by atoms with van der Waals surface area (Å²) in [5.74, 6) is -0.668. The van der Waals surface area contributed by atoms with Crippen LogP contribution in [0.4, 0.5) is 0 Å². The molecule has 4 N–H and O–H groups in total. The monoisotopic (exact) mass is 468 g/mol. The Morgan fingerprint density at radius 3 is 2.62 bits per heavy atom. The number of benzene rings is 2. The van der Waals surface area contributed by atoms with Crippen LogP contribution in [0.25, 0.3) is 5.57 Å². The number of rotatable bonds is 8. The predicted molar refractivity (Wildman–Crippen MR) is 133 cm³/mol. The minimum Gasteiger partial charge on any atom is -0.402 e. The van der Waals surface area contributed by atoms with E-state index in [1.807, 2.05) is 43.3 Å². The Kier molecular flexibility index (Phi) is 7.43. The predicted octanol–water partition coefficient (Wildman–Crippen LogP) is 3.50. The lowest BCUT2D eigenvalue weighted by Gasteiger charge is -2.22. The Labute approximate surface area is 197 Å². The fourth-order valence-corrected chi connectivity index (χ4v) is 4.20. The van der Waals surface area contributed by atoms with Crippen molar-refractivity contribution in [1.82, 2.24) is 10.6 Å². The van der Waals surface area contributed by atoms with Gasteiger partial charge in [-0.05, 0) is 54.7 Å². The summed E-state index contributed by atoms with van der Waals surface area (Å²) in [5, 5.41) is 6.68. The average molecular weight is 469 g/mol. The Morgan fingerprint density at radius 2 is 2.00 bits per heavy atom. The molecule has 0 radical (unpaired) electrons. The molecule has 0 atom stereocenters. The van der Waals surface area contributed by atoms with Gasteiger partial charge >= 0.3 is 0 Å². The molecule has 0 unspecified atom stereocenters. The number of allylic oxidation sites excluding steroid dienone is 2. The van der Waals surface area contributed by atoms with Crippen LogP contribution in [0.5, 0.6) is 0 Å². The first kappa shape index (κ1) is 23.6. The molecule has 32 heavy (non-hydrogen) atoms. The van der Waals surface area contributed by atoms with E-state index in [1.165, 1.54) is 0 Å². The van der Waals surface area contributed by atoms with E-state index in [1.54, 1.807) is 13.3 Å². The number of nitrogens with zero attached hydrogens (tertiary/aromatic N) is 1. The van der Waals surface area contributed by atoms with Gasteiger partial charge in [-0.15, -0.1) is 0 Å². The molecular weight excluding hydrogens is 444 g/mol. The van der Waals surface area contributed by atoms with E-state index in [-0.39, 0.29) is 18.4 Å². The largest absolute Gasteiger partial charge is 0.402 e. The molecule has 166 valence electrons. The van der Waals surface area contributed by atoms with E-state index < -0.39 is 5.91 Å². The number of aliphatic imine (C=N–C) groups is 1. The van der Waals surface area contributed by atoms with Crippen molar-refractivity contribution in [2.45, 2.75) is 31.8 Å². The van der Waals surface area contributed by atoms with Crippen LogP contribution in [-0.2, 0) is 21.7 Å². The SMILES string of the molecule is CN=C/C(=C(/C)N)c1cc(Cl)cc(C2(NC(=S)c3ccccc3CNC(=O)C=O)CC2)c1. The molecular formula is C24H25ClN4O2S. The minimum absolute atomic E-state index is 0.212. The number of carbonyl (C=O) groups is 2. The maximum Gasteiger partial charge on any atom is 0.284 e. The first-order valence-electron chi connectivity index (χ1n) is 10.1. The summed E-state index contributed by atoms with van der Waals surface area (Å²) in [4.78, 5) is 26.6. The maximum absolute atomic E-state index is 11.3. The zero-order valence-corrected chi connectivity index (χ0v) is 19.5. The van der Waals surface area contributed by atoms with Gasteiger partial charge < -0.3 is 16.4 Å². The highest BCUT2D eigenvalue weighted by Gasteiger charge is 2.45. The number of hydrogen-bond acceptors (Lipinski definition) is 5. The van der Waals surface area contributed by atoms with Crippen molar-refractivity contribution in [1.29, 1.82) is 0 Å². The summed E-state index contributed by atoms with van der Waals surface area (Å²) >= 11 is 12.2. The fraction of sp³-hybridized carbons (Fsp3) is 0.250. The van der Waals surface area contributed by atoms with Gasteiger partial charge in [0.2, 0.25) is 6.29 Å². The first-order valence-corrected chi connectivity index (χ1v) is 10.9. The molecule has 1 amide bonds. The van der Waals surface area contributed by atoms with Gasteiger partial charge in [-0.25, -0.2) is 0 Å². The molecule has 0 aromatic heterocycles. The second-order valence-electron chi connectivity index (χ2n) is 7.74. The lowest BCUT2D eigenvalue weighted by atomic mass is 9.97.